The molecule has 2 aliphatic heterocycles. The van der Waals surface area contributed by atoms with Crippen LogP contribution in [0.5, 0.6) is 11.6 Å². The predicted molar refractivity (Wildman–Crippen MR) is 105 cm³/mol. The fourth-order valence-electron chi connectivity index (χ4n) is 4.36. The zero-order valence-corrected chi connectivity index (χ0v) is 16.7. The summed E-state index contributed by atoms with van der Waals surface area (Å²) in [6.45, 7) is 12.1. The lowest BCUT2D eigenvalue weighted by Gasteiger charge is -2.25. The van der Waals surface area contributed by atoms with Crippen LogP contribution in [0.2, 0.25) is 0 Å². The first-order valence-electron chi connectivity index (χ1n) is 9.94. The Kier molecular flexibility index (Phi) is 5.04. The maximum atomic E-state index is 5.66. The Morgan fingerprint density at radius 2 is 1.81 bits per heavy atom. The summed E-state index contributed by atoms with van der Waals surface area (Å²) in [5.74, 6) is 2.72. The molecule has 2 aromatic heterocycles. The minimum absolute atomic E-state index is 0.272. The van der Waals surface area contributed by atoms with Gasteiger partial charge in [0.15, 0.2) is 5.75 Å². The third kappa shape index (κ3) is 3.93. The molecule has 5 nitrogen and oxygen atoms in total. The summed E-state index contributed by atoms with van der Waals surface area (Å²) in [6, 6.07) is 8.80. The zero-order chi connectivity index (χ0) is 19.0. The van der Waals surface area contributed by atoms with E-state index in [1.807, 2.05) is 6.07 Å². The summed E-state index contributed by atoms with van der Waals surface area (Å²) < 4.78 is 11.3. The standard InChI is InChI=1S/C22H29N3O2/c1-14-12-25(13-19(14)11-18-9-15(2)23-16(3)10-18)17(4)20-5-6-21-22(24-20)27-8-7-26-21/h5-6,9-10,14,17,19H,7-8,11-13H2,1-4H3/t14-,17?,19-/m0/s1. The molecule has 0 spiro atoms. The Bertz CT molecular complexity index is 803. The summed E-state index contributed by atoms with van der Waals surface area (Å²) in [5, 5.41) is 0. The number of nitrogens with zero attached hydrogens (tertiary/aromatic N) is 3. The topological polar surface area (TPSA) is 47.5 Å². The van der Waals surface area contributed by atoms with Crippen LogP contribution in [0.4, 0.5) is 0 Å². The second kappa shape index (κ2) is 7.47. The number of fused-ring (bicyclic) bond motifs is 1. The van der Waals surface area contributed by atoms with Crippen LogP contribution in [-0.4, -0.2) is 41.2 Å². The van der Waals surface area contributed by atoms with Crippen LogP contribution in [0.3, 0.4) is 0 Å². The second-order valence-corrected chi connectivity index (χ2v) is 8.07. The van der Waals surface area contributed by atoms with E-state index in [1.165, 1.54) is 5.56 Å². The van der Waals surface area contributed by atoms with Gasteiger partial charge < -0.3 is 9.47 Å². The lowest BCUT2D eigenvalue weighted by molar-refractivity contribution is 0.162. The molecule has 4 rings (SSSR count). The highest BCUT2D eigenvalue weighted by molar-refractivity contribution is 5.36. The summed E-state index contributed by atoms with van der Waals surface area (Å²) in [4.78, 5) is 11.8. The van der Waals surface area contributed by atoms with Crippen molar-refractivity contribution in [3.05, 3.63) is 46.9 Å². The first-order valence-corrected chi connectivity index (χ1v) is 9.94. The fraction of sp³-hybridized carbons (Fsp3) is 0.545. The van der Waals surface area contributed by atoms with Crippen LogP contribution in [0.1, 0.15) is 42.5 Å². The molecule has 0 aromatic carbocycles. The molecule has 1 fully saturated rings. The van der Waals surface area contributed by atoms with E-state index in [4.69, 9.17) is 14.5 Å². The SMILES string of the molecule is Cc1cc(C[C@H]2CN(C(C)c3ccc4c(n3)OCCO4)C[C@@H]2C)cc(C)n1. The van der Waals surface area contributed by atoms with Crippen LogP contribution in [0.15, 0.2) is 24.3 Å². The van der Waals surface area contributed by atoms with Gasteiger partial charge in [-0.05, 0) is 68.9 Å². The fourth-order valence-corrected chi connectivity index (χ4v) is 4.36. The highest BCUT2D eigenvalue weighted by Crippen LogP contribution is 2.35. The van der Waals surface area contributed by atoms with Crippen molar-refractivity contribution in [2.75, 3.05) is 26.3 Å². The second-order valence-electron chi connectivity index (χ2n) is 8.07. The average molecular weight is 367 g/mol. The highest BCUT2D eigenvalue weighted by Gasteiger charge is 2.33. The molecule has 1 unspecified atom stereocenters. The van der Waals surface area contributed by atoms with Gasteiger partial charge in [0.05, 0.1) is 5.69 Å². The first-order chi connectivity index (χ1) is 13.0. The summed E-state index contributed by atoms with van der Waals surface area (Å²) >= 11 is 0. The van der Waals surface area contributed by atoms with Crippen LogP contribution < -0.4 is 9.47 Å². The molecular formula is C22H29N3O2. The van der Waals surface area contributed by atoms with E-state index in [0.29, 0.717) is 30.9 Å². The summed E-state index contributed by atoms with van der Waals surface area (Å²) in [7, 11) is 0. The molecule has 2 aliphatic rings. The van der Waals surface area contributed by atoms with Crippen LogP contribution >= 0.6 is 0 Å². The monoisotopic (exact) mass is 367 g/mol. The summed E-state index contributed by atoms with van der Waals surface area (Å²) in [5.41, 5.74) is 4.69. The zero-order valence-electron chi connectivity index (χ0n) is 16.7. The van der Waals surface area contributed by atoms with Gasteiger partial charge in [-0.25, -0.2) is 4.98 Å². The van der Waals surface area contributed by atoms with Crippen molar-refractivity contribution >= 4 is 0 Å². The van der Waals surface area contributed by atoms with E-state index in [0.717, 1.165) is 42.3 Å². The predicted octanol–water partition coefficient (Wildman–Crippen LogP) is 3.74. The Labute approximate surface area is 161 Å². The molecule has 0 saturated carbocycles. The van der Waals surface area contributed by atoms with E-state index in [9.17, 15) is 0 Å². The van der Waals surface area contributed by atoms with Crippen molar-refractivity contribution in [2.45, 2.75) is 40.2 Å². The van der Waals surface area contributed by atoms with Gasteiger partial charge >= 0.3 is 0 Å². The highest BCUT2D eigenvalue weighted by atomic mass is 16.6. The number of rotatable bonds is 4. The molecule has 0 bridgehead atoms. The number of hydrogen-bond acceptors (Lipinski definition) is 5. The first kappa shape index (κ1) is 18.2. The molecule has 5 heteroatoms. The lowest BCUT2D eigenvalue weighted by atomic mass is 9.91. The van der Waals surface area contributed by atoms with Gasteiger partial charge in [-0.3, -0.25) is 9.88 Å². The molecule has 0 amide bonds. The average Bonchev–Trinajstić information content (AvgIpc) is 3.00. The number of hydrogen-bond donors (Lipinski definition) is 0. The van der Waals surface area contributed by atoms with Gasteiger partial charge in [0, 0.05) is 30.5 Å². The Balaban J connectivity index is 1.46. The molecule has 2 aromatic rings. The number of aryl methyl sites for hydroxylation is 2. The molecule has 27 heavy (non-hydrogen) atoms. The van der Waals surface area contributed by atoms with Crippen LogP contribution in [0, 0.1) is 25.7 Å². The largest absolute Gasteiger partial charge is 0.484 e. The van der Waals surface area contributed by atoms with Gasteiger partial charge in [-0.15, -0.1) is 0 Å². The Morgan fingerprint density at radius 3 is 2.59 bits per heavy atom. The van der Waals surface area contributed by atoms with E-state index in [1.54, 1.807) is 0 Å². The normalized spacial score (nSPS) is 23.4. The van der Waals surface area contributed by atoms with Crippen LogP contribution in [-0.2, 0) is 6.42 Å². The van der Waals surface area contributed by atoms with Crippen LogP contribution in [0.25, 0.3) is 0 Å². The van der Waals surface area contributed by atoms with Crippen molar-refractivity contribution in [3.63, 3.8) is 0 Å². The van der Waals surface area contributed by atoms with E-state index in [-0.39, 0.29) is 6.04 Å². The third-order valence-electron chi connectivity index (χ3n) is 5.84. The van der Waals surface area contributed by atoms with Crippen molar-refractivity contribution in [2.24, 2.45) is 11.8 Å². The maximum Gasteiger partial charge on any atom is 0.257 e. The summed E-state index contributed by atoms with van der Waals surface area (Å²) in [6.07, 6.45) is 1.11. The minimum atomic E-state index is 0.272. The van der Waals surface area contributed by atoms with Gasteiger partial charge in [0.2, 0.25) is 0 Å². The van der Waals surface area contributed by atoms with Gasteiger partial charge in [-0.2, -0.15) is 0 Å². The Morgan fingerprint density at radius 1 is 1.07 bits per heavy atom. The number of ether oxygens (including phenoxy) is 2. The molecule has 0 radical (unpaired) electrons. The van der Waals surface area contributed by atoms with Gasteiger partial charge in [0.25, 0.3) is 5.88 Å². The van der Waals surface area contributed by atoms with Gasteiger partial charge in [0.1, 0.15) is 13.2 Å². The smallest absolute Gasteiger partial charge is 0.257 e. The molecule has 4 heterocycles. The Hall–Kier alpha value is -2.14. The van der Waals surface area contributed by atoms with Crippen molar-refractivity contribution in [3.8, 4) is 11.6 Å². The molecule has 144 valence electrons. The molecule has 3 atom stereocenters. The number of pyridine rings is 2. The maximum absolute atomic E-state index is 5.66. The van der Waals surface area contributed by atoms with Gasteiger partial charge in [-0.1, -0.05) is 6.92 Å². The lowest BCUT2D eigenvalue weighted by Crippen LogP contribution is -2.26. The molecule has 0 N–H and O–H groups in total. The van der Waals surface area contributed by atoms with E-state index in [2.05, 4.69) is 55.8 Å². The quantitative estimate of drug-likeness (QED) is 0.824. The van der Waals surface area contributed by atoms with Crippen molar-refractivity contribution in [1.82, 2.24) is 14.9 Å². The minimum Gasteiger partial charge on any atom is -0.484 e. The van der Waals surface area contributed by atoms with E-state index < -0.39 is 0 Å². The third-order valence-corrected chi connectivity index (χ3v) is 5.84. The molecule has 0 aliphatic carbocycles. The van der Waals surface area contributed by atoms with E-state index >= 15 is 0 Å². The molecular weight excluding hydrogens is 338 g/mol. The number of likely N-dealkylation sites (tertiary alicyclic amines) is 1. The molecule has 1 saturated heterocycles. The van der Waals surface area contributed by atoms with Crippen molar-refractivity contribution < 1.29 is 9.47 Å². The number of aromatic nitrogens is 2. The van der Waals surface area contributed by atoms with Crippen molar-refractivity contribution in [1.29, 1.82) is 0 Å².